The average Bonchev–Trinajstić information content (AvgIpc) is 2.32. The molecule has 1 rings (SSSR count). The predicted octanol–water partition coefficient (Wildman–Crippen LogP) is 0.178. The molecule has 0 spiro atoms. The Bertz CT molecular complexity index is 259. The number of nitrogens with zero attached hydrogens (tertiary/aromatic N) is 1. The van der Waals surface area contributed by atoms with E-state index in [4.69, 9.17) is 14.6 Å². The fraction of sp³-hybridized carbons (Fsp3) is 0.923. The zero-order chi connectivity index (χ0) is 14.1. The first-order valence-corrected chi connectivity index (χ1v) is 6.97. The summed E-state index contributed by atoms with van der Waals surface area (Å²) in [4.78, 5) is 13.3. The minimum absolute atomic E-state index is 0.165. The molecule has 0 bridgehead atoms. The van der Waals surface area contributed by atoms with Crippen molar-refractivity contribution in [1.29, 1.82) is 0 Å². The van der Waals surface area contributed by atoms with E-state index >= 15 is 0 Å². The van der Waals surface area contributed by atoms with E-state index in [9.17, 15) is 4.79 Å². The predicted molar refractivity (Wildman–Crippen MR) is 72.4 cm³/mol. The fourth-order valence-electron chi connectivity index (χ4n) is 2.38. The van der Waals surface area contributed by atoms with Gasteiger partial charge in [0.1, 0.15) is 0 Å². The summed E-state index contributed by atoms with van der Waals surface area (Å²) in [6.07, 6.45) is 0.165. The van der Waals surface area contributed by atoms with Crippen LogP contribution in [0.1, 0.15) is 20.3 Å². The molecule has 0 saturated carbocycles. The number of rotatable bonds is 11. The van der Waals surface area contributed by atoms with Crippen molar-refractivity contribution < 1.29 is 19.4 Å². The summed E-state index contributed by atoms with van der Waals surface area (Å²) in [5, 5.41) is 12.3. The van der Waals surface area contributed by atoms with E-state index in [0.717, 1.165) is 26.2 Å². The summed E-state index contributed by atoms with van der Waals surface area (Å²) >= 11 is 0. The van der Waals surface area contributed by atoms with Gasteiger partial charge in [-0.3, -0.25) is 9.69 Å². The van der Waals surface area contributed by atoms with Crippen molar-refractivity contribution in [2.24, 2.45) is 0 Å². The van der Waals surface area contributed by atoms with Crippen molar-refractivity contribution in [2.75, 3.05) is 52.6 Å². The van der Waals surface area contributed by atoms with E-state index in [-0.39, 0.29) is 12.0 Å². The van der Waals surface area contributed by atoms with Gasteiger partial charge in [-0.15, -0.1) is 0 Å². The van der Waals surface area contributed by atoms with Gasteiger partial charge in [-0.25, -0.2) is 0 Å². The molecule has 0 aromatic heterocycles. The number of aliphatic carboxylic acids is 1. The Kier molecular flexibility index (Phi) is 7.30. The summed E-state index contributed by atoms with van der Waals surface area (Å²) in [7, 11) is 0. The van der Waals surface area contributed by atoms with Crippen LogP contribution in [0.2, 0.25) is 0 Å². The number of ether oxygens (including phenoxy) is 2. The van der Waals surface area contributed by atoms with Crippen LogP contribution in [0, 0.1) is 0 Å². The molecule has 6 nitrogen and oxygen atoms in total. The Hall–Kier alpha value is -0.690. The summed E-state index contributed by atoms with van der Waals surface area (Å²) in [5.41, 5.74) is -0.278. The number of carboxylic acid groups (broad SMARTS) is 1. The van der Waals surface area contributed by atoms with Crippen LogP contribution in [0.25, 0.3) is 0 Å². The second kappa shape index (κ2) is 8.47. The molecule has 6 heteroatoms. The highest BCUT2D eigenvalue weighted by Crippen LogP contribution is 2.24. The molecular formula is C13H26N2O4. The lowest BCUT2D eigenvalue weighted by molar-refractivity contribution is -0.142. The third-order valence-electron chi connectivity index (χ3n) is 3.48. The van der Waals surface area contributed by atoms with Crippen molar-refractivity contribution in [3.63, 3.8) is 0 Å². The van der Waals surface area contributed by atoms with Gasteiger partial charge < -0.3 is 19.9 Å². The quantitative estimate of drug-likeness (QED) is 0.524. The normalized spacial score (nSPS) is 17.4. The van der Waals surface area contributed by atoms with Crippen molar-refractivity contribution in [3.8, 4) is 0 Å². The van der Waals surface area contributed by atoms with Gasteiger partial charge in [0.05, 0.1) is 25.2 Å². The van der Waals surface area contributed by atoms with Gasteiger partial charge in [0.15, 0.2) is 0 Å². The van der Waals surface area contributed by atoms with E-state index in [0.29, 0.717) is 26.4 Å². The summed E-state index contributed by atoms with van der Waals surface area (Å²) in [6, 6.07) is 0. The van der Waals surface area contributed by atoms with E-state index in [1.807, 2.05) is 13.8 Å². The minimum Gasteiger partial charge on any atom is -0.481 e. The number of hydrogen-bond donors (Lipinski definition) is 2. The molecule has 19 heavy (non-hydrogen) atoms. The number of carbonyl (C=O) groups is 1. The molecule has 0 radical (unpaired) electrons. The third kappa shape index (κ3) is 5.06. The van der Waals surface area contributed by atoms with Crippen LogP contribution in [0.5, 0.6) is 0 Å². The molecule has 1 aliphatic heterocycles. The van der Waals surface area contributed by atoms with Crippen LogP contribution < -0.4 is 5.32 Å². The van der Waals surface area contributed by atoms with Gasteiger partial charge in [0, 0.05) is 39.4 Å². The highest BCUT2D eigenvalue weighted by molar-refractivity contribution is 5.68. The van der Waals surface area contributed by atoms with Crippen LogP contribution in [-0.4, -0.2) is 74.1 Å². The molecule has 0 aromatic carbocycles. The molecule has 1 heterocycles. The lowest BCUT2D eigenvalue weighted by atomic mass is 9.86. The highest BCUT2D eigenvalue weighted by Gasteiger charge is 2.43. The molecule has 112 valence electrons. The van der Waals surface area contributed by atoms with Crippen molar-refractivity contribution >= 4 is 5.97 Å². The average molecular weight is 274 g/mol. The third-order valence-corrected chi connectivity index (χ3v) is 3.48. The first-order chi connectivity index (χ1) is 9.14. The van der Waals surface area contributed by atoms with Crippen molar-refractivity contribution in [3.05, 3.63) is 0 Å². The van der Waals surface area contributed by atoms with E-state index in [1.54, 1.807) is 0 Å². The lowest BCUT2D eigenvalue weighted by Gasteiger charge is -2.50. The minimum atomic E-state index is -0.751. The molecule has 1 fully saturated rings. The summed E-state index contributed by atoms with van der Waals surface area (Å²) < 4.78 is 10.8. The number of nitrogens with one attached hydrogen (secondary N) is 1. The Morgan fingerprint density at radius 1 is 1.21 bits per heavy atom. The first-order valence-electron chi connectivity index (χ1n) is 6.97. The fourth-order valence-corrected chi connectivity index (χ4v) is 2.38. The van der Waals surface area contributed by atoms with E-state index in [2.05, 4.69) is 10.2 Å². The Balaban J connectivity index is 2.55. The Morgan fingerprint density at radius 2 is 1.74 bits per heavy atom. The molecule has 0 amide bonds. The van der Waals surface area contributed by atoms with E-state index in [1.165, 1.54) is 0 Å². The van der Waals surface area contributed by atoms with Crippen molar-refractivity contribution in [2.45, 2.75) is 25.8 Å². The molecule has 0 unspecified atom stereocenters. The zero-order valence-corrected chi connectivity index (χ0v) is 12.0. The summed E-state index contributed by atoms with van der Waals surface area (Å²) in [6.45, 7) is 9.48. The van der Waals surface area contributed by atoms with Crippen molar-refractivity contribution in [1.82, 2.24) is 10.2 Å². The molecule has 0 aliphatic carbocycles. The Labute approximate surface area is 115 Å². The lowest BCUT2D eigenvalue weighted by Crippen LogP contribution is -2.70. The van der Waals surface area contributed by atoms with Gasteiger partial charge in [-0.2, -0.15) is 0 Å². The molecule has 0 aromatic rings. The first kappa shape index (κ1) is 16.4. The second-order valence-corrected chi connectivity index (χ2v) is 4.78. The van der Waals surface area contributed by atoms with Gasteiger partial charge in [0.2, 0.25) is 0 Å². The smallest absolute Gasteiger partial charge is 0.305 e. The number of hydrogen-bond acceptors (Lipinski definition) is 5. The van der Waals surface area contributed by atoms with E-state index < -0.39 is 5.97 Å². The Morgan fingerprint density at radius 3 is 2.05 bits per heavy atom. The maximum atomic E-state index is 11.1. The second-order valence-electron chi connectivity index (χ2n) is 4.78. The molecular weight excluding hydrogens is 248 g/mol. The SMILES string of the molecule is CCOCCN(CCOCC)C1(CC(=O)O)CNC1. The maximum absolute atomic E-state index is 11.1. The van der Waals surface area contributed by atoms with Crippen LogP contribution in [0.3, 0.4) is 0 Å². The zero-order valence-electron chi connectivity index (χ0n) is 12.0. The van der Waals surface area contributed by atoms with Crippen LogP contribution in [0.15, 0.2) is 0 Å². The number of carboxylic acids is 1. The molecule has 0 atom stereocenters. The van der Waals surface area contributed by atoms with Gasteiger partial charge in [-0.1, -0.05) is 0 Å². The van der Waals surface area contributed by atoms with Gasteiger partial charge in [-0.05, 0) is 13.8 Å². The highest BCUT2D eigenvalue weighted by atomic mass is 16.5. The monoisotopic (exact) mass is 274 g/mol. The van der Waals surface area contributed by atoms with Gasteiger partial charge in [0.25, 0.3) is 0 Å². The van der Waals surface area contributed by atoms with Gasteiger partial charge >= 0.3 is 5.97 Å². The molecule has 1 saturated heterocycles. The maximum Gasteiger partial charge on any atom is 0.305 e. The topological polar surface area (TPSA) is 71.0 Å². The molecule has 2 N–H and O–H groups in total. The largest absolute Gasteiger partial charge is 0.481 e. The molecule has 1 aliphatic rings. The van der Waals surface area contributed by atoms with Crippen LogP contribution >= 0.6 is 0 Å². The summed E-state index contributed by atoms with van der Waals surface area (Å²) in [5.74, 6) is -0.751. The van der Waals surface area contributed by atoms with Crippen LogP contribution in [0.4, 0.5) is 0 Å². The van der Waals surface area contributed by atoms with Crippen LogP contribution in [-0.2, 0) is 14.3 Å². The standard InChI is InChI=1S/C13H26N2O4/c1-3-18-7-5-15(6-8-19-4-2)13(9-12(16)17)10-14-11-13/h14H,3-11H2,1-2H3,(H,16,17).